The normalized spacial score (nSPS) is 16.1. The first-order valence-corrected chi connectivity index (χ1v) is 5.59. The van der Waals surface area contributed by atoms with Crippen LogP contribution in [0.25, 0.3) is 6.08 Å². The number of para-hydroxylation sites is 1. The van der Waals surface area contributed by atoms with Gasteiger partial charge < -0.3 is 10.3 Å². The van der Waals surface area contributed by atoms with E-state index >= 15 is 0 Å². The summed E-state index contributed by atoms with van der Waals surface area (Å²) in [5.41, 5.74) is 2.92. The summed E-state index contributed by atoms with van der Waals surface area (Å²) in [6.07, 6.45) is 1.76. The average Bonchev–Trinajstić information content (AvgIpc) is 2.86. The molecule has 1 aliphatic rings. The van der Waals surface area contributed by atoms with Gasteiger partial charge in [0.15, 0.2) is 0 Å². The molecule has 3 nitrogen and oxygen atoms in total. The van der Waals surface area contributed by atoms with Crippen molar-refractivity contribution in [3.8, 4) is 0 Å². The molecule has 84 valence electrons. The zero-order chi connectivity index (χ0) is 11.8. The van der Waals surface area contributed by atoms with Crippen LogP contribution in [0.3, 0.4) is 0 Å². The van der Waals surface area contributed by atoms with Gasteiger partial charge in [-0.25, -0.2) is 0 Å². The predicted molar refractivity (Wildman–Crippen MR) is 68.2 cm³/mol. The number of fused-ring (bicyclic) bond motifs is 1. The summed E-state index contributed by atoms with van der Waals surface area (Å²) in [5, 5.41) is 3.65. The average molecular weight is 245 g/mol. The van der Waals surface area contributed by atoms with Crippen molar-refractivity contribution in [3.63, 3.8) is 0 Å². The fourth-order valence-corrected chi connectivity index (χ4v) is 2.03. The summed E-state index contributed by atoms with van der Waals surface area (Å²) in [4.78, 5) is 15.0. The summed E-state index contributed by atoms with van der Waals surface area (Å²) in [6.45, 7) is 0. The highest BCUT2D eigenvalue weighted by atomic mass is 35.5. The third-order valence-corrected chi connectivity index (χ3v) is 2.88. The first kappa shape index (κ1) is 10.2. The van der Waals surface area contributed by atoms with Gasteiger partial charge in [0, 0.05) is 16.9 Å². The SMILES string of the molecule is O=C1/C(=C\c2ccc(Cl)[nH]2)Nc2ccccc21. The van der Waals surface area contributed by atoms with E-state index in [4.69, 9.17) is 11.6 Å². The van der Waals surface area contributed by atoms with Crippen LogP contribution in [0.4, 0.5) is 5.69 Å². The Morgan fingerprint density at radius 1 is 1.12 bits per heavy atom. The quantitative estimate of drug-likeness (QED) is 0.756. The third-order valence-electron chi connectivity index (χ3n) is 2.66. The van der Waals surface area contributed by atoms with E-state index in [2.05, 4.69) is 10.3 Å². The van der Waals surface area contributed by atoms with Crippen LogP contribution in [-0.4, -0.2) is 10.8 Å². The van der Waals surface area contributed by atoms with Crippen LogP contribution in [0, 0.1) is 0 Å². The Hall–Kier alpha value is -2.00. The Kier molecular flexibility index (Phi) is 2.27. The highest BCUT2D eigenvalue weighted by Gasteiger charge is 2.23. The van der Waals surface area contributed by atoms with Crippen molar-refractivity contribution in [2.45, 2.75) is 0 Å². The van der Waals surface area contributed by atoms with Crippen LogP contribution < -0.4 is 5.32 Å². The number of benzene rings is 1. The summed E-state index contributed by atoms with van der Waals surface area (Å²) >= 11 is 5.78. The summed E-state index contributed by atoms with van der Waals surface area (Å²) in [7, 11) is 0. The molecule has 0 aliphatic carbocycles. The Labute approximate surface area is 103 Å². The van der Waals surface area contributed by atoms with E-state index in [9.17, 15) is 4.79 Å². The first-order chi connectivity index (χ1) is 8.24. The van der Waals surface area contributed by atoms with Crippen LogP contribution >= 0.6 is 11.6 Å². The molecule has 0 spiro atoms. The van der Waals surface area contributed by atoms with Crippen molar-refractivity contribution in [2.75, 3.05) is 5.32 Å². The number of Topliss-reactive ketones (excluding diaryl/α,β-unsaturated/α-hetero) is 1. The molecule has 17 heavy (non-hydrogen) atoms. The van der Waals surface area contributed by atoms with Gasteiger partial charge in [-0.3, -0.25) is 4.79 Å². The van der Waals surface area contributed by atoms with Crippen molar-refractivity contribution in [2.24, 2.45) is 0 Å². The number of rotatable bonds is 1. The van der Waals surface area contributed by atoms with E-state index < -0.39 is 0 Å². The molecular formula is C13H9ClN2O. The molecule has 1 aromatic heterocycles. The van der Waals surface area contributed by atoms with Crippen LogP contribution in [0.1, 0.15) is 16.1 Å². The van der Waals surface area contributed by atoms with E-state index in [0.29, 0.717) is 16.4 Å². The maximum absolute atomic E-state index is 12.0. The molecule has 1 aromatic carbocycles. The number of aromatic amines is 1. The Morgan fingerprint density at radius 3 is 2.65 bits per heavy atom. The lowest BCUT2D eigenvalue weighted by molar-refractivity contribution is 0.104. The van der Waals surface area contributed by atoms with Crippen LogP contribution in [0.2, 0.25) is 5.15 Å². The second-order valence-electron chi connectivity index (χ2n) is 3.82. The summed E-state index contributed by atoms with van der Waals surface area (Å²) in [5.74, 6) is 0.00585. The molecule has 0 saturated heterocycles. The largest absolute Gasteiger partial charge is 0.352 e. The molecule has 1 aliphatic heterocycles. The van der Waals surface area contributed by atoms with Crippen molar-refractivity contribution in [3.05, 3.63) is 58.5 Å². The smallest absolute Gasteiger partial charge is 0.211 e. The number of hydrogen-bond acceptors (Lipinski definition) is 2. The minimum absolute atomic E-state index is 0.00585. The standard InChI is InChI=1S/C13H9ClN2O/c14-12-6-5-8(15-12)7-11-13(17)9-3-1-2-4-10(9)16-11/h1-7,15-16H/b11-7+. The maximum Gasteiger partial charge on any atom is 0.211 e. The van der Waals surface area contributed by atoms with Gasteiger partial charge in [0.05, 0.1) is 5.70 Å². The van der Waals surface area contributed by atoms with Crippen molar-refractivity contribution >= 4 is 29.1 Å². The number of H-pyrrole nitrogens is 1. The van der Waals surface area contributed by atoms with Gasteiger partial charge in [-0.05, 0) is 30.3 Å². The number of aromatic nitrogens is 1. The molecular weight excluding hydrogens is 236 g/mol. The van der Waals surface area contributed by atoms with E-state index in [0.717, 1.165) is 11.4 Å². The monoisotopic (exact) mass is 244 g/mol. The number of anilines is 1. The Morgan fingerprint density at radius 2 is 1.94 bits per heavy atom. The second-order valence-corrected chi connectivity index (χ2v) is 4.23. The molecule has 4 heteroatoms. The summed E-state index contributed by atoms with van der Waals surface area (Å²) in [6, 6.07) is 11.0. The number of nitrogens with one attached hydrogen (secondary N) is 2. The molecule has 2 N–H and O–H groups in total. The molecule has 3 rings (SSSR count). The van der Waals surface area contributed by atoms with Gasteiger partial charge in [-0.2, -0.15) is 0 Å². The van der Waals surface area contributed by atoms with Gasteiger partial charge in [0.1, 0.15) is 5.15 Å². The number of ketones is 1. The maximum atomic E-state index is 12.0. The van der Waals surface area contributed by atoms with Crippen molar-refractivity contribution < 1.29 is 4.79 Å². The van der Waals surface area contributed by atoms with Gasteiger partial charge in [-0.1, -0.05) is 23.7 Å². The molecule has 0 unspecified atom stereocenters. The molecule has 0 saturated carbocycles. The molecule has 0 bridgehead atoms. The van der Waals surface area contributed by atoms with Crippen LogP contribution in [0.15, 0.2) is 42.1 Å². The highest BCUT2D eigenvalue weighted by molar-refractivity contribution is 6.29. The van der Waals surface area contributed by atoms with Gasteiger partial charge in [0.25, 0.3) is 0 Å². The van der Waals surface area contributed by atoms with Gasteiger partial charge in [0.2, 0.25) is 5.78 Å². The molecule has 0 amide bonds. The van der Waals surface area contributed by atoms with Crippen LogP contribution in [-0.2, 0) is 0 Å². The highest BCUT2D eigenvalue weighted by Crippen LogP contribution is 2.28. The van der Waals surface area contributed by atoms with Crippen LogP contribution in [0.5, 0.6) is 0 Å². The van der Waals surface area contributed by atoms with Crippen molar-refractivity contribution in [1.29, 1.82) is 0 Å². The van der Waals surface area contributed by atoms with Gasteiger partial charge in [-0.15, -0.1) is 0 Å². The Bertz CT molecular complexity index is 628. The molecule has 0 atom stereocenters. The number of hydrogen-bond donors (Lipinski definition) is 2. The number of halogens is 1. The lowest BCUT2D eigenvalue weighted by Crippen LogP contribution is -1.99. The zero-order valence-electron chi connectivity index (χ0n) is 8.83. The number of allylic oxidation sites excluding steroid dienone is 1. The summed E-state index contributed by atoms with van der Waals surface area (Å²) < 4.78 is 0. The predicted octanol–water partition coefficient (Wildman–Crippen LogP) is 3.32. The van der Waals surface area contributed by atoms with Crippen molar-refractivity contribution in [1.82, 2.24) is 4.98 Å². The van der Waals surface area contributed by atoms with E-state index in [1.54, 1.807) is 12.1 Å². The second kappa shape index (κ2) is 3.79. The fourth-order valence-electron chi connectivity index (χ4n) is 1.86. The number of carbonyl (C=O) groups excluding carboxylic acids is 1. The third kappa shape index (κ3) is 1.74. The molecule has 2 aromatic rings. The van der Waals surface area contributed by atoms with E-state index in [1.807, 2.05) is 30.3 Å². The fraction of sp³-hybridized carbons (Fsp3) is 0. The molecule has 0 fully saturated rings. The Balaban J connectivity index is 1.99. The van der Waals surface area contributed by atoms with E-state index in [1.165, 1.54) is 0 Å². The topological polar surface area (TPSA) is 44.9 Å². The minimum atomic E-state index is 0.00585. The lowest BCUT2D eigenvalue weighted by Gasteiger charge is -1.96. The molecule has 2 heterocycles. The van der Waals surface area contributed by atoms with Gasteiger partial charge >= 0.3 is 0 Å². The lowest BCUT2D eigenvalue weighted by atomic mass is 10.1. The minimum Gasteiger partial charge on any atom is -0.352 e. The van der Waals surface area contributed by atoms with E-state index in [-0.39, 0.29) is 5.78 Å². The molecule has 0 radical (unpaired) electrons. The zero-order valence-corrected chi connectivity index (χ0v) is 9.58. The first-order valence-electron chi connectivity index (χ1n) is 5.21. The number of carbonyl (C=O) groups is 1.